The number of hydrogen-bond donors (Lipinski definition) is 0. The second kappa shape index (κ2) is 18.0. The first-order valence-electron chi connectivity index (χ1n) is 23.8. The molecule has 9 aromatic rings. The summed E-state index contributed by atoms with van der Waals surface area (Å²) in [6.07, 6.45) is 18.1. The van der Waals surface area contributed by atoms with Gasteiger partial charge in [0.1, 0.15) is 0 Å². The zero-order chi connectivity index (χ0) is 42.2. The summed E-state index contributed by atoms with van der Waals surface area (Å²) < 4.78 is 5.63. The Balaban J connectivity index is 1.11. The highest BCUT2D eigenvalue weighted by molar-refractivity contribution is 7.36. The largest absolute Gasteiger partial charge is 0.134 e. The summed E-state index contributed by atoms with van der Waals surface area (Å²) >= 11 is 3.92. The number of aryl methyl sites for hydroxylation is 4. The molecule has 0 saturated heterocycles. The van der Waals surface area contributed by atoms with Crippen LogP contribution in [0.1, 0.15) is 113 Å². The van der Waals surface area contributed by atoms with E-state index >= 15 is 0 Å². The van der Waals surface area contributed by atoms with Gasteiger partial charge in [0.2, 0.25) is 0 Å². The van der Waals surface area contributed by atoms with Crippen molar-refractivity contribution in [3.63, 3.8) is 0 Å². The van der Waals surface area contributed by atoms with Crippen LogP contribution in [-0.2, 0) is 12.8 Å². The fraction of sp³-hybridized carbons (Fsp3) is 0.300. The van der Waals surface area contributed by atoms with Crippen LogP contribution in [0.15, 0.2) is 121 Å². The molecule has 2 heteroatoms. The number of benzene rings is 7. The van der Waals surface area contributed by atoms with Crippen LogP contribution in [0.25, 0.3) is 96.0 Å². The van der Waals surface area contributed by atoms with E-state index in [9.17, 15) is 0 Å². The minimum atomic E-state index is 1.13. The van der Waals surface area contributed by atoms with Gasteiger partial charge in [-0.2, -0.15) is 0 Å². The molecule has 0 nitrogen and oxygen atoms in total. The van der Waals surface area contributed by atoms with Gasteiger partial charge in [-0.25, -0.2) is 0 Å². The van der Waals surface area contributed by atoms with Crippen LogP contribution in [0.2, 0.25) is 0 Å². The highest BCUT2D eigenvalue weighted by atomic mass is 32.1. The average molecular weight is 845 g/mol. The molecule has 62 heavy (non-hydrogen) atoms. The van der Waals surface area contributed by atoms with Crippen molar-refractivity contribution in [2.75, 3.05) is 0 Å². The predicted molar refractivity (Wildman–Crippen MR) is 277 cm³/mol. The summed E-state index contributed by atoms with van der Waals surface area (Å²) in [4.78, 5) is 0. The van der Waals surface area contributed by atoms with Crippen molar-refractivity contribution < 1.29 is 0 Å². The van der Waals surface area contributed by atoms with Crippen LogP contribution in [0.4, 0.5) is 0 Å². The van der Waals surface area contributed by atoms with Gasteiger partial charge < -0.3 is 0 Å². The molecule has 0 N–H and O–H groups in total. The zero-order valence-corrected chi connectivity index (χ0v) is 38.9. The Morgan fingerprint density at radius 1 is 0.387 bits per heavy atom. The molecule has 312 valence electrons. The normalized spacial score (nSPS) is 12.1. The Morgan fingerprint density at radius 2 is 0.968 bits per heavy atom. The van der Waals surface area contributed by atoms with Crippen LogP contribution in [0.3, 0.4) is 0 Å². The second-order valence-corrected chi connectivity index (χ2v) is 20.4. The molecular weight excluding hydrogens is 785 g/mol. The monoisotopic (exact) mass is 844 g/mol. The van der Waals surface area contributed by atoms with E-state index in [0.717, 1.165) is 12.8 Å². The summed E-state index contributed by atoms with van der Waals surface area (Å²) in [7, 11) is 0. The second-order valence-electron chi connectivity index (χ2n) is 18.3. The van der Waals surface area contributed by atoms with Crippen LogP contribution < -0.4 is 0 Å². The Hall–Kier alpha value is -5.02. The van der Waals surface area contributed by atoms with Crippen molar-refractivity contribution in [2.45, 2.75) is 118 Å². The van der Waals surface area contributed by atoms with Gasteiger partial charge in [-0.05, 0) is 171 Å². The number of unbranched alkanes of at least 4 members (excludes halogenated alkanes) is 10. The molecule has 10 rings (SSSR count). The summed E-state index contributed by atoms with van der Waals surface area (Å²) in [6.45, 7) is 9.20. The summed E-state index contributed by atoms with van der Waals surface area (Å²) in [5.41, 5.74) is 19.2. The van der Waals surface area contributed by atoms with Gasteiger partial charge in [0.25, 0.3) is 0 Å². The fourth-order valence-corrected chi connectivity index (χ4v) is 13.2. The van der Waals surface area contributed by atoms with Crippen molar-refractivity contribution in [3.05, 3.63) is 144 Å². The van der Waals surface area contributed by atoms with Crippen LogP contribution in [0, 0.1) is 13.8 Å². The molecule has 0 atom stereocenters. The standard InChI is InChI=1S/C60H60S2/c1-5-7-9-11-13-15-20-41-36-54(43(31-40(41)4)21-16-14-12-10-8-6-2)48-34-45(42-27-29-53-57(38-42)62-59-52-28-26-39(3)30-56(52)61-60(53)59)33-46(35-48)47-32-44-22-19-25-51-49-23-17-18-24-50(49)55(37-47)58(44)51/h17-19,22-38H,5-16,20-21H2,1-4H3. The van der Waals surface area contributed by atoms with Gasteiger partial charge in [-0.15, -0.1) is 22.7 Å². The lowest BCUT2D eigenvalue weighted by molar-refractivity contribution is 0.605. The summed E-state index contributed by atoms with van der Waals surface area (Å²) in [5, 5.41) is 5.49. The molecule has 0 amide bonds. The molecule has 0 bridgehead atoms. The highest BCUT2D eigenvalue weighted by Crippen LogP contribution is 2.50. The molecule has 1 aliphatic rings. The average Bonchev–Trinajstić information content (AvgIpc) is 3.94. The molecule has 1 aliphatic carbocycles. The van der Waals surface area contributed by atoms with Gasteiger partial charge in [-0.3, -0.25) is 0 Å². The zero-order valence-electron chi connectivity index (χ0n) is 37.3. The molecule has 0 saturated carbocycles. The number of thiophene rings is 2. The number of fused-ring (bicyclic) bond motifs is 8. The van der Waals surface area contributed by atoms with Crippen LogP contribution in [0.5, 0.6) is 0 Å². The maximum atomic E-state index is 2.61. The Morgan fingerprint density at radius 3 is 1.69 bits per heavy atom. The third-order valence-electron chi connectivity index (χ3n) is 13.8. The van der Waals surface area contributed by atoms with Crippen LogP contribution in [-0.4, -0.2) is 0 Å². The van der Waals surface area contributed by atoms with Crippen molar-refractivity contribution in [1.29, 1.82) is 0 Å². The van der Waals surface area contributed by atoms with Gasteiger partial charge in [0.05, 0.1) is 9.40 Å². The third-order valence-corrected chi connectivity index (χ3v) is 16.3. The first-order valence-corrected chi connectivity index (χ1v) is 25.4. The van der Waals surface area contributed by atoms with E-state index < -0.39 is 0 Å². The van der Waals surface area contributed by atoms with E-state index in [1.165, 1.54) is 195 Å². The van der Waals surface area contributed by atoms with Crippen molar-refractivity contribution in [3.8, 4) is 55.6 Å². The third kappa shape index (κ3) is 7.95. The summed E-state index contributed by atoms with van der Waals surface area (Å²) in [6, 6.07) is 47.7. The lowest BCUT2D eigenvalue weighted by Gasteiger charge is -2.18. The van der Waals surface area contributed by atoms with E-state index in [2.05, 4.69) is 149 Å². The Bertz CT molecular complexity index is 3080. The predicted octanol–water partition coefficient (Wildman–Crippen LogP) is 19.5. The fourth-order valence-electron chi connectivity index (χ4n) is 10.4. The smallest absolute Gasteiger partial charge is 0.0542 e. The highest BCUT2D eigenvalue weighted by Gasteiger charge is 2.23. The molecule has 0 radical (unpaired) electrons. The minimum absolute atomic E-state index is 1.13. The van der Waals surface area contributed by atoms with Gasteiger partial charge in [0, 0.05) is 20.2 Å². The molecule has 0 fully saturated rings. The van der Waals surface area contributed by atoms with Gasteiger partial charge in [-0.1, -0.05) is 157 Å². The Kier molecular flexibility index (Phi) is 11.9. The van der Waals surface area contributed by atoms with Crippen LogP contribution >= 0.6 is 22.7 Å². The molecule has 2 aromatic heterocycles. The van der Waals surface area contributed by atoms with E-state index in [0.29, 0.717) is 0 Å². The molecule has 0 spiro atoms. The lowest BCUT2D eigenvalue weighted by Crippen LogP contribution is -1.99. The molecule has 0 aliphatic heterocycles. The molecule has 2 heterocycles. The van der Waals surface area contributed by atoms with E-state index in [-0.39, 0.29) is 0 Å². The van der Waals surface area contributed by atoms with E-state index in [1.54, 1.807) is 0 Å². The van der Waals surface area contributed by atoms with E-state index in [4.69, 9.17) is 0 Å². The number of rotatable bonds is 17. The van der Waals surface area contributed by atoms with E-state index in [1.807, 2.05) is 22.7 Å². The van der Waals surface area contributed by atoms with Crippen molar-refractivity contribution in [2.24, 2.45) is 0 Å². The quantitative estimate of drug-likeness (QED) is 0.0801. The maximum Gasteiger partial charge on any atom is 0.0542 e. The first-order chi connectivity index (χ1) is 30.5. The van der Waals surface area contributed by atoms with Crippen molar-refractivity contribution in [1.82, 2.24) is 0 Å². The maximum absolute atomic E-state index is 2.61. The Labute approximate surface area is 377 Å². The molecule has 0 unspecified atom stereocenters. The SMILES string of the molecule is CCCCCCCCc1cc(-c2cc(-c3cc4c5c(cccc5c3)-c3ccccc3-4)cc(-c3ccc4c(c3)sc3c5ccc(C)cc5sc43)c2)c(CCCCCCCC)cc1C. The topological polar surface area (TPSA) is 0 Å². The van der Waals surface area contributed by atoms with Gasteiger partial charge >= 0.3 is 0 Å². The number of hydrogen-bond acceptors (Lipinski definition) is 2. The summed E-state index contributed by atoms with van der Waals surface area (Å²) in [5.74, 6) is 0. The molecule has 7 aromatic carbocycles. The first kappa shape index (κ1) is 41.0. The molecular formula is C60H60S2. The van der Waals surface area contributed by atoms with Crippen molar-refractivity contribution >= 4 is 63.0 Å². The minimum Gasteiger partial charge on any atom is -0.134 e. The lowest BCUT2D eigenvalue weighted by atomic mass is 9.86. The van der Waals surface area contributed by atoms with Gasteiger partial charge in [0.15, 0.2) is 0 Å².